The van der Waals surface area contributed by atoms with E-state index in [1.54, 1.807) is 6.07 Å². The number of carbonyl (C=O) groups is 3. The Kier molecular flexibility index (Phi) is 5.21. The third-order valence-electron chi connectivity index (χ3n) is 8.00. The third kappa shape index (κ3) is 3.48. The van der Waals surface area contributed by atoms with Gasteiger partial charge in [-0.25, -0.2) is 4.79 Å². The Morgan fingerprint density at radius 2 is 1.88 bits per heavy atom. The molecule has 0 saturated carbocycles. The van der Waals surface area contributed by atoms with Crippen LogP contribution >= 0.6 is 0 Å². The average molecular weight is 439 g/mol. The second-order valence-corrected chi connectivity index (χ2v) is 9.85. The van der Waals surface area contributed by atoms with Crippen molar-refractivity contribution in [1.82, 2.24) is 9.80 Å². The predicted octanol–water partition coefficient (Wildman–Crippen LogP) is 2.65. The summed E-state index contributed by atoms with van der Waals surface area (Å²) in [5.41, 5.74) is 4.92. The van der Waals surface area contributed by atoms with E-state index in [4.69, 9.17) is 4.74 Å². The number of likely N-dealkylation sites (tertiary alicyclic amines) is 2. The highest BCUT2D eigenvalue weighted by Crippen LogP contribution is 2.44. The van der Waals surface area contributed by atoms with Crippen molar-refractivity contribution in [2.45, 2.75) is 58.7 Å². The van der Waals surface area contributed by atoms with Gasteiger partial charge in [-0.3, -0.25) is 9.59 Å². The van der Waals surface area contributed by atoms with E-state index in [0.717, 1.165) is 53.9 Å². The Morgan fingerprint density at radius 1 is 1.12 bits per heavy atom. The average Bonchev–Trinajstić information content (AvgIpc) is 3.41. The van der Waals surface area contributed by atoms with Gasteiger partial charge in [0.1, 0.15) is 6.61 Å². The number of cyclic esters (lactones) is 1. The number of aliphatic hydroxyl groups is 1. The molecule has 0 unspecified atom stereocenters. The standard InChI is InChI=1S/C25H30N2O5/c1-15-17(3-4-18-19(15)13-32-24(18)31)22(29)12-26-9-7-25(8-10-26)11-23(30)27(14-25)20-5-6-21(28)16(20)2/h3-4,22,29H,5-14H2,1-2H3/t22-/m0/s1. The maximum Gasteiger partial charge on any atom is 0.338 e. The van der Waals surface area contributed by atoms with Crippen LogP contribution in [0.5, 0.6) is 0 Å². The van der Waals surface area contributed by atoms with E-state index < -0.39 is 6.10 Å². The molecule has 4 aliphatic rings. The Morgan fingerprint density at radius 3 is 2.56 bits per heavy atom. The van der Waals surface area contributed by atoms with E-state index in [1.165, 1.54) is 0 Å². The van der Waals surface area contributed by atoms with Crippen LogP contribution in [0.3, 0.4) is 0 Å². The number of ether oxygens (including phenoxy) is 1. The fraction of sp³-hybridized carbons (Fsp3) is 0.560. The van der Waals surface area contributed by atoms with Crippen LogP contribution in [0.2, 0.25) is 0 Å². The van der Waals surface area contributed by atoms with Gasteiger partial charge in [0.05, 0.1) is 11.7 Å². The summed E-state index contributed by atoms with van der Waals surface area (Å²) >= 11 is 0. The molecular weight excluding hydrogens is 408 g/mol. The quantitative estimate of drug-likeness (QED) is 0.728. The first-order valence-electron chi connectivity index (χ1n) is 11.5. The largest absolute Gasteiger partial charge is 0.457 e. The van der Waals surface area contributed by atoms with Gasteiger partial charge in [0.25, 0.3) is 0 Å². The lowest BCUT2D eigenvalue weighted by molar-refractivity contribution is -0.126. The number of rotatable bonds is 4. The van der Waals surface area contributed by atoms with E-state index in [2.05, 4.69) is 4.90 Å². The monoisotopic (exact) mass is 438 g/mol. The van der Waals surface area contributed by atoms with Gasteiger partial charge in [-0.15, -0.1) is 0 Å². The molecule has 1 aromatic carbocycles. The zero-order valence-electron chi connectivity index (χ0n) is 18.8. The van der Waals surface area contributed by atoms with Gasteiger partial charge in [0.2, 0.25) is 5.91 Å². The SMILES string of the molecule is CC1=C(N2CC3(CCN(C[C@H](O)c4ccc5c(c4C)COC5=O)CC3)CC2=O)CCC1=O. The number of aliphatic hydroxyl groups excluding tert-OH is 1. The lowest BCUT2D eigenvalue weighted by Gasteiger charge is -2.39. The number of benzene rings is 1. The fourth-order valence-electron chi connectivity index (χ4n) is 5.86. The summed E-state index contributed by atoms with van der Waals surface area (Å²) in [4.78, 5) is 40.6. The Labute approximate surface area is 188 Å². The molecule has 1 aromatic rings. The van der Waals surface area contributed by atoms with Crippen LogP contribution in [0.1, 0.15) is 72.2 Å². The predicted molar refractivity (Wildman–Crippen MR) is 117 cm³/mol. The summed E-state index contributed by atoms with van der Waals surface area (Å²) < 4.78 is 5.12. The van der Waals surface area contributed by atoms with Crippen molar-refractivity contribution in [3.8, 4) is 0 Å². The number of nitrogens with zero attached hydrogens (tertiary/aromatic N) is 2. The van der Waals surface area contributed by atoms with Crippen molar-refractivity contribution in [2.75, 3.05) is 26.2 Å². The molecule has 2 fully saturated rings. The Hall–Kier alpha value is -2.51. The summed E-state index contributed by atoms with van der Waals surface area (Å²) in [5.74, 6) is 0.0157. The molecule has 32 heavy (non-hydrogen) atoms. The molecule has 5 rings (SSSR count). The van der Waals surface area contributed by atoms with Crippen LogP contribution in [-0.4, -0.2) is 58.7 Å². The van der Waals surface area contributed by atoms with Gasteiger partial charge in [0.15, 0.2) is 5.78 Å². The van der Waals surface area contributed by atoms with Crippen molar-refractivity contribution < 1.29 is 24.2 Å². The number of esters is 1. The zero-order chi connectivity index (χ0) is 22.6. The molecule has 1 aliphatic carbocycles. The number of piperidine rings is 1. The first-order chi connectivity index (χ1) is 15.3. The van der Waals surface area contributed by atoms with Crippen LogP contribution < -0.4 is 0 Å². The first-order valence-corrected chi connectivity index (χ1v) is 11.5. The Bertz CT molecular complexity index is 1040. The number of ketones is 1. The van der Waals surface area contributed by atoms with Crippen molar-refractivity contribution >= 4 is 17.7 Å². The maximum absolute atomic E-state index is 12.8. The molecule has 3 aliphatic heterocycles. The van der Waals surface area contributed by atoms with Crippen LogP contribution in [0.4, 0.5) is 0 Å². The number of β-amino-alcohol motifs (C(OH)–C–C–N with tert-alkyl or cyclic N) is 1. The minimum absolute atomic E-state index is 0.0291. The highest BCUT2D eigenvalue weighted by Gasteiger charge is 2.47. The molecule has 0 aromatic heterocycles. The van der Waals surface area contributed by atoms with Crippen LogP contribution in [0.15, 0.2) is 23.4 Å². The van der Waals surface area contributed by atoms with Gasteiger partial charge in [-0.2, -0.15) is 0 Å². The molecule has 1 N–H and O–H groups in total. The molecule has 1 amide bonds. The second kappa shape index (κ2) is 7.81. The van der Waals surface area contributed by atoms with E-state index >= 15 is 0 Å². The molecule has 1 spiro atoms. The normalized spacial score (nSPS) is 24.0. The van der Waals surface area contributed by atoms with Crippen LogP contribution in [0, 0.1) is 12.3 Å². The zero-order valence-corrected chi connectivity index (χ0v) is 18.8. The van der Waals surface area contributed by atoms with Gasteiger partial charge in [-0.05, 0) is 68.8 Å². The van der Waals surface area contributed by atoms with E-state index in [1.807, 2.05) is 24.8 Å². The summed E-state index contributed by atoms with van der Waals surface area (Å²) in [6.07, 6.45) is 2.94. The van der Waals surface area contributed by atoms with E-state index in [0.29, 0.717) is 37.9 Å². The minimum Gasteiger partial charge on any atom is -0.457 e. The molecule has 1 atom stereocenters. The number of Topliss-reactive ketones (excluding diaryl/α,β-unsaturated/α-hetero) is 1. The van der Waals surface area contributed by atoms with Gasteiger partial charge in [0, 0.05) is 42.8 Å². The summed E-state index contributed by atoms with van der Waals surface area (Å²) in [7, 11) is 0. The maximum atomic E-state index is 12.8. The van der Waals surface area contributed by atoms with Crippen molar-refractivity contribution in [2.24, 2.45) is 5.41 Å². The second-order valence-electron chi connectivity index (χ2n) is 9.85. The lowest BCUT2D eigenvalue weighted by Crippen LogP contribution is -2.43. The van der Waals surface area contributed by atoms with Crippen molar-refractivity contribution in [3.63, 3.8) is 0 Å². The Balaban J connectivity index is 1.22. The molecule has 0 radical (unpaired) electrons. The summed E-state index contributed by atoms with van der Waals surface area (Å²) in [6, 6.07) is 3.59. The molecule has 3 heterocycles. The van der Waals surface area contributed by atoms with Gasteiger partial charge >= 0.3 is 5.97 Å². The lowest BCUT2D eigenvalue weighted by atomic mass is 9.77. The summed E-state index contributed by atoms with van der Waals surface area (Å²) in [5, 5.41) is 10.9. The highest BCUT2D eigenvalue weighted by molar-refractivity contribution is 5.99. The number of fused-ring (bicyclic) bond motifs is 1. The van der Waals surface area contributed by atoms with Gasteiger partial charge in [-0.1, -0.05) is 6.07 Å². The van der Waals surface area contributed by atoms with Crippen molar-refractivity contribution in [3.05, 3.63) is 45.7 Å². The smallest absolute Gasteiger partial charge is 0.338 e. The summed E-state index contributed by atoms with van der Waals surface area (Å²) in [6.45, 7) is 6.96. The van der Waals surface area contributed by atoms with Gasteiger partial charge < -0.3 is 19.6 Å². The minimum atomic E-state index is -0.635. The molecule has 2 saturated heterocycles. The number of hydrogen-bond donors (Lipinski definition) is 1. The number of amides is 1. The van der Waals surface area contributed by atoms with E-state index in [9.17, 15) is 19.5 Å². The molecule has 7 nitrogen and oxygen atoms in total. The molecule has 0 bridgehead atoms. The van der Waals surface area contributed by atoms with Crippen LogP contribution in [-0.2, 0) is 20.9 Å². The molecular formula is C25H30N2O5. The highest BCUT2D eigenvalue weighted by atomic mass is 16.5. The fourth-order valence-corrected chi connectivity index (χ4v) is 5.86. The first kappa shape index (κ1) is 21.3. The van der Waals surface area contributed by atoms with Crippen LogP contribution in [0.25, 0.3) is 0 Å². The third-order valence-corrected chi connectivity index (χ3v) is 8.00. The number of carbonyl (C=O) groups excluding carboxylic acids is 3. The molecule has 170 valence electrons. The van der Waals surface area contributed by atoms with Crippen molar-refractivity contribution in [1.29, 1.82) is 0 Å². The number of hydrogen-bond acceptors (Lipinski definition) is 6. The van der Waals surface area contributed by atoms with E-state index in [-0.39, 0.29) is 29.7 Å². The topological polar surface area (TPSA) is 87.2 Å². The molecule has 7 heteroatoms. The number of allylic oxidation sites excluding steroid dienone is 2.